The van der Waals surface area contributed by atoms with Crippen LogP contribution in [0.5, 0.6) is 0 Å². The summed E-state index contributed by atoms with van der Waals surface area (Å²) in [6.07, 6.45) is 2.09. The van der Waals surface area contributed by atoms with E-state index >= 15 is 0 Å². The Kier molecular flexibility index (Phi) is 7.51. The van der Waals surface area contributed by atoms with Gasteiger partial charge in [0.25, 0.3) is 10.1 Å². The van der Waals surface area contributed by atoms with Crippen LogP contribution < -0.4 is 5.73 Å². The van der Waals surface area contributed by atoms with E-state index in [1.54, 1.807) is 0 Å². The van der Waals surface area contributed by atoms with Crippen LogP contribution in [0, 0.1) is 0 Å². The summed E-state index contributed by atoms with van der Waals surface area (Å²) in [5, 5.41) is 8.18. The summed E-state index contributed by atoms with van der Waals surface area (Å²) in [5.41, 5.74) is 4.95. The van der Waals surface area contributed by atoms with Crippen LogP contribution in [0.1, 0.15) is 19.3 Å². The van der Waals surface area contributed by atoms with Crippen LogP contribution >= 0.6 is 0 Å². The fourth-order valence-electron chi connectivity index (χ4n) is 1.03. The molecule has 1 atom stereocenters. The summed E-state index contributed by atoms with van der Waals surface area (Å²) in [4.78, 5) is 10.0. The van der Waals surface area contributed by atoms with E-state index < -0.39 is 38.7 Å². The Labute approximate surface area is 103 Å². The first kappa shape index (κ1) is 16.5. The molecule has 0 amide bonds. The van der Waals surface area contributed by atoms with Crippen LogP contribution in [0.2, 0.25) is 0 Å². The monoisotopic (exact) mass is 287 g/mol. The lowest BCUT2D eigenvalue weighted by molar-refractivity contribution is -0.138. The molecule has 1 unspecified atom stereocenters. The van der Waals surface area contributed by atoms with Gasteiger partial charge in [-0.25, -0.2) is 0 Å². The molecule has 0 aromatic carbocycles. The van der Waals surface area contributed by atoms with Gasteiger partial charge in [0.05, 0.1) is 5.75 Å². The lowest BCUT2D eigenvalue weighted by Gasteiger charge is -2.02. The minimum atomic E-state index is -4.10. The van der Waals surface area contributed by atoms with Crippen molar-refractivity contribution in [2.75, 3.05) is 17.3 Å². The minimum Gasteiger partial charge on any atom is -0.480 e. The third-order valence-electron chi connectivity index (χ3n) is 2.00. The molecular formula is C8H17NO6S2. The van der Waals surface area contributed by atoms with Gasteiger partial charge in [0.1, 0.15) is 6.04 Å². The van der Waals surface area contributed by atoms with Gasteiger partial charge in [0.15, 0.2) is 0 Å². The largest absolute Gasteiger partial charge is 0.480 e. The highest BCUT2D eigenvalue weighted by Crippen LogP contribution is 2.03. The first-order valence-corrected chi connectivity index (χ1v) is 8.10. The van der Waals surface area contributed by atoms with Gasteiger partial charge in [-0.2, -0.15) is 8.42 Å². The average Bonchev–Trinajstić information content (AvgIpc) is 2.65. The SMILES string of the molecule is NC(CCS(=O)(=O)O)C(=O)O.O=S1CCCC1. The van der Waals surface area contributed by atoms with Gasteiger partial charge in [-0.05, 0) is 19.3 Å². The molecule has 17 heavy (non-hydrogen) atoms. The van der Waals surface area contributed by atoms with Crippen molar-refractivity contribution >= 4 is 26.9 Å². The van der Waals surface area contributed by atoms with Crippen molar-refractivity contribution in [2.45, 2.75) is 25.3 Å². The summed E-state index contributed by atoms with van der Waals surface area (Å²) in [7, 11) is -4.52. The van der Waals surface area contributed by atoms with E-state index in [0.29, 0.717) is 0 Å². The van der Waals surface area contributed by atoms with Gasteiger partial charge < -0.3 is 10.8 Å². The Balaban J connectivity index is 0.000000354. The van der Waals surface area contributed by atoms with Gasteiger partial charge >= 0.3 is 5.97 Å². The molecule has 0 aliphatic carbocycles. The summed E-state index contributed by atoms with van der Waals surface area (Å²) >= 11 is 0. The lowest BCUT2D eigenvalue weighted by Crippen LogP contribution is -2.32. The molecule has 1 aliphatic rings. The van der Waals surface area contributed by atoms with Crippen LogP contribution in [-0.4, -0.2) is 51.6 Å². The number of hydrogen-bond donors (Lipinski definition) is 3. The van der Waals surface area contributed by atoms with Crippen molar-refractivity contribution in [1.82, 2.24) is 0 Å². The summed E-state index contributed by atoms with van der Waals surface area (Å²) < 4.78 is 38.7. The molecule has 1 aliphatic heterocycles. The Bertz CT molecular complexity index is 358. The second-order valence-corrected chi connectivity index (χ2v) is 6.84. The maximum atomic E-state index is 10.4. The van der Waals surface area contributed by atoms with Crippen LogP contribution in [-0.2, 0) is 25.7 Å². The van der Waals surface area contributed by atoms with E-state index in [4.69, 9.17) is 15.4 Å². The van der Waals surface area contributed by atoms with Gasteiger partial charge in [-0.1, -0.05) is 0 Å². The Morgan fingerprint density at radius 3 is 2.06 bits per heavy atom. The van der Waals surface area contributed by atoms with Gasteiger partial charge in [-0.15, -0.1) is 0 Å². The van der Waals surface area contributed by atoms with Crippen molar-refractivity contribution in [1.29, 1.82) is 0 Å². The zero-order valence-electron chi connectivity index (χ0n) is 9.24. The molecule has 7 nitrogen and oxygen atoms in total. The van der Waals surface area contributed by atoms with Crippen molar-refractivity contribution in [3.8, 4) is 0 Å². The maximum absolute atomic E-state index is 10.4. The fourth-order valence-corrected chi connectivity index (χ4v) is 2.84. The summed E-state index contributed by atoms with van der Waals surface area (Å²) in [6.45, 7) is 0. The predicted octanol–water partition coefficient (Wildman–Crippen LogP) is -0.795. The molecule has 1 saturated heterocycles. The van der Waals surface area contributed by atoms with Crippen LogP contribution in [0.3, 0.4) is 0 Å². The standard InChI is InChI=1S/C4H9NO5S.C4H8OS/c5-3(4(6)7)1-2-11(8,9)10;5-6-3-1-2-4-6/h3H,1-2,5H2,(H,6,7)(H,8,9,10);1-4H2. The molecule has 1 fully saturated rings. The number of hydrogen-bond acceptors (Lipinski definition) is 5. The first-order valence-electron chi connectivity index (χ1n) is 5.01. The molecule has 1 rings (SSSR count). The van der Waals surface area contributed by atoms with E-state index in [9.17, 15) is 17.4 Å². The zero-order valence-corrected chi connectivity index (χ0v) is 10.9. The van der Waals surface area contributed by atoms with Crippen molar-refractivity contribution in [2.24, 2.45) is 5.73 Å². The first-order chi connectivity index (χ1) is 7.72. The van der Waals surface area contributed by atoms with E-state index in [0.717, 1.165) is 11.5 Å². The molecule has 0 aromatic rings. The molecule has 0 radical (unpaired) electrons. The van der Waals surface area contributed by atoms with Gasteiger partial charge in [0.2, 0.25) is 0 Å². The average molecular weight is 287 g/mol. The van der Waals surface area contributed by atoms with Crippen LogP contribution in [0.15, 0.2) is 0 Å². The number of carboxylic acids is 1. The molecule has 0 bridgehead atoms. The Hall–Kier alpha value is -0.510. The zero-order chi connectivity index (χ0) is 13.5. The smallest absolute Gasteiger partial charge is 0.320 e. The second-order valence-electron chi connectivity index (χ2n) is 3.57. The van der Waals surface area contributed by atoms with Gasteiger partial charge in [0, 0.05) is 22.3 Å². The maximum Gasteiger partial charge on any atom is 0.320 e. The highest BCUT2D eigenvalue weighted by Gasteiger charge is 2.14. The number of aliphatic carboxylic acids is 1. The lowest BCUT2D eigenvalue weighted by atomic mass is 10.2. The minimum absolute atomic E-state index is 0.284. The molecule has 9 heteroatoms. The highest BCUT2D eigenvalue weighted by molar-refractivity contribution is 7.85. The second kappa shape index (κ2) is 7.75. The van der Waals surface area contributed by atoms with E-state index in [2.05, 4.69) is 0 Å². The Morgan fingerprint density at radius 2 is 1.82 bits per heavy atom. The molecule has 0 spiro atoms. The molecule has 102 valence electrons. The van der Waals surface area contributed by atoms with E-state index in [1.165, 1.54) is 12.8 Å². The van der Waals surface area contributed by atoms with E-state index in [-0.39, 0.29) is 6.42 Å². The highest BCUT2D eigenvalue weighted by atomic mass is 32.2. The topological polar surface area (TPSA) is 135 Å². The molecule has 0 aromatic heterocycles. The number of rotatable bonds is 4. The van der Waals surface area contributed by atoms with Crippen LogP contribution in [0.4, 0.5) is 0 Å². The van der Waals surface area contributed by atoms with Crippen molar-refractivity contribution in [3.63, 3.8) is 0 Å². The predicted molar refractivity (Wildman–Crippen MR) is 63.8 cm³/mol. The Morgan fingerprint density at radius 1 is 1.35 bits per heavy atom. The third kappa shape index (κ3) is 10.4. The molecule has 0 saturated carbocycles. The quantitative estimate of drug-likeness (QED) is 0.576. The normalized spacial score (nSPS) is 18.2. The van der Waals surface area contributed by atoms with Crippen molar-refractivity contribution in [3.05, 3.63) is 0 Å². The molecule has 4 N–H and O–H groups in total. The number of nitrogens with two attached hydrogens (primary N) is 1. The fraction of sp³-hybridized carbons (Fsp3) is 0.875. The number of carboxylic acid groups (broad SMARTS) is 1. The third-order valence-corrected chi connectivity index (χ3v) is 4.24. The van der Waals surface area contributed by atoms with Crippen LogP contribution in [0.25, 0.3) is 0 Å². The van der Waals surface area contributed by atoms with Crippen molar-refractivity contribution < 1.29 is 27.1 Å². The number of carbonyl (C=O) groups is 1. The summed E-state index contributed by atoms with van der Waals surface area (Å²) in [5.74, 6) is 0.00847. The van der Waals surface area contributed by atoms with E-state index in [1.807, 2.05) is 0 Å². The van der Waals surface area contributed by atoms with Gasteiger partial charge in [-0.3, -0.25) is 13.6 Å². The molecule has 1 heterocycles. The molecular weight excluding hydrogens is 270 g/mol. The summed E-state index contributed by atoms with van der Waals surface area (Å²) in [6, 6.07) is -1.24.